The average molecular weight is 326 g/mol. The third-order valence-corrected chi connectivity index (χ3v) is 3.92. The van der Waals surface area contributed by atoms with Gasteiger partial charge in [0.15, 0.2) is 0 Å². The van der Waals surface area contributed by atoms with E-state index in [9.17, 15) is 9.59 Å². The number of methoxy groups -OCH3 is 1. The summed E-state index contributed by atoms with van der Waals surface area (Å²) in [6, 6.07) is 10.5. The zero-order valence-corrected chi connectivity index (χ0v) is 13.3. The van der Waals surface area contributed by atoms with Crippen molar-refractivity contribution in [3.05, 3.63) is 48.2 Å². The van der Waals surface area contributed by atoms with Crippen LogP contribution < -0.4 is 15.4 Å². The molecule has 2 heterocycles. The molecular formula is C17H18N4O3. The fraction of sp³-hybridized carbons (Fsp3) is 0.235. The summed E-state index contributed by atoms with van der Waals surface area (Å²) in [5.74, 6) is 0.606. The van der Waals surface area contributed by atoms with E-state index < -0.39 is 0 Å². The second kappa shape index (κ2) is 6.57. The molecule has 1 aromatic heterocycles. The molecule has 3 rings (SSSR count). The molecule has 1 aromatic carbocycles. The number of piperazine rings is 1. The first-order valence-electron chi connectivity index (χ1n) is 7.54. The molecule has 2 aromatic rings. The van der Waals surface area contributed by atoms with Gasteiger partial charge in [-0.05, 0) is 24.3 Å². The lowest BCUT2D eigenvalue weighted by molar-refractivity contribution is -0.120. The summed E-state index contributed by atoms with van der Waals surface area (Å²) in [7, 11) is 1.57. The molecule has 0 spiro atoms. The molecule has 24 heavy (non-hydrogen) atoms. The van der Waals surface area contributed by atoms with Crippen LogP contribution in [-0.2, 0) is 4.79 Å². The molecule has 1 fully saturated rings. The summed E-state index contributed by atoms with van der Waals surface area (Å²) < 4.78 is 5.31. The Morgan fingerprint density at radius 2 is 2.00 bits per heavy atom. The Morgan fingerprint density at radius 3 is 2.67 bits per heavy atom. The van der Waals surface area contributed by atoms with Gasteiger partial charge in [0.25, 0.3) is 5.91 Å². The molecule has 7 heteroatoms. The van der Waals surface area contributed by atoms with Crippen molar-refractivity contribution in [1.29, 1.82) is 0 Å². The van der Waals surface area contributed by atoms with E-state index >= 15 is 0 Å². The smallest absolute Gasteiger partial charge is 0.255 e. The third-order valence-electron chi connectivity index (χ3n) is 3.92. The number of anilines is 2. The Labute approximate surface area is 139 Å². The van der Waals surface area contributed by atoms with Crippen molar-refractivity contribution < 1.29 is 14.3 Å². The lowest BCUT2D eigenvalue weighted by Gasteiger charge is -2.34. The van der Waals surface area contributed by atoms with Crippen LogP contribution >= 0.6 is 0 Å². The topological polar surface area (TPSA) is 88.8 Å². The van der Waals surface area contributed by atoms with E-state index in [0.717, 1.165) is 0 Å². The fourth-order valence-electron chi connectivity index (χ4n) is 2.67. The highest BCUT2D eigenvalue weighted by Gasteiger charge is 2.29. The van der Waals surface area contributed by atoms with Crippen molar-refractivity contribution in [1.82, 2.24) is 9.88 Å². The summed E-state index contributed by atoms with van der Waals surface area (Å²) in [6.45, 7) is 0.863. The minimum atomic E-state index is -0.226. The van der Waals surface area contributed by atoms with Gasteiger partial charge in [0.1, 0.15) is 18.1 Å². The number of nitrogens with two attached hydrogens (primary N) is 1. The summed E-state index contributed by atoms with van der Waals surface area (Å²) in [4.78, 5) is 32.1. The largest absolute Gasteiger partial charge is 0.495 e. The predicted octanol–water partition coefficient (Wildman–Crippen LogP) is 1.16. The van der Waals surface area contributed by atoms with Gasteiger partial charge in [-0.2, -0.15) is 0 Å². The van der Waals surface area contributed by atoms with Gasteiger partial charge >= 0.3 is 0 Å². The van der Waals surface area contributed by atoms with Crippen molar-refractivity contribution in [2.24, 2.45) is 0 Å². The molecule has 0 unspecified atom stereocenters. The monoisotopic (exact) mass is 326 g/mol. The minimum Gasteiger partial charge on any atom is -0.495 e. The molecule has 1 aliphatic heterocycles. The summed E-state index contributed by atoms with van der Waals surface area (Å²) in [6.07, 6.45) is 1.43. The number of carbonyl (C=O) groups is 2. The van der Waals surface area contributed by atoms with E-state index in [0.29, 0.717) is 35.9 Å². The zero-order valence-electron chi connectivity index (χ0n) is 13.3. The number of rotatable bonds is 3. The number of hydrogen-bond donors (Lipinski definition) is 1. The normalized spacial score (nSPS) is 14.6. The number of benzene rings is 1. The van der Waals surface area contributed by atoms with Crippen LogP contribution in [0.1, 0.15) is 10.4 Å². The SMILES string of the molecule is COc1ccccc1N1CCN(C(=O)c2ccc(N)nc2)CC1=O. The molecule has 2 amide bonds. The van der Waals surface area contributed by atoms with Gasteiger partial charge in [-0.3, -0.25) is 9.59 Å². The molecule has 7 nitrogen and oxygen atoms in total. The van der Waals surface area contributed by atoms with Crippen LogP contribution in [0.25, 0.3) is 0 Å². The van der Waals surface area contributed by atoms with E-state index in [1.165, 1.54) is 11.1 Å². The van der Waals surface area contributed by atoms with Crippen LogP contribution in [0, 0.1) is 0 Å². The maximum atomic E-state index is 12.5. The maximum absolute atomic E-state index is 12.5. The number of para-hydroxylation sites is 2. The van der Waals surface area contributed by atoms with Gasteiger partial charge in [-0.15, -0.1) is 0 Å². The third kappa shape index (κ3) is 3.01. The molecule has 1 saturated heterocycles. The summed E-state index contributed by atoms with van der Waals surface area (Å²) >= 11 is 0. The first-order chi connectivity index (χ1) is 11.6. The standard InChI is InChI=1S/C17H18N4O3/c1-24-14-5-3-2-4-13(14)21-9-8-20(11-16(21)22)17(23)12-6-7-15(18)19-10-12/h2-7,10H,8-9,11H2,1H3,(H2,18,19). The number of ether oxygens (including phenoxy) is 1. The molecule has 0 aliphatic carbocycles. The van der Waals surface area contributed by atoms with E-state index in [1.54, 1.807) is 30.2 Å². The predicted molar refractivity (Wildman–Crippen MR) is 89.9 cm³/mol. The second-order valence-corrected chi connectivity index (χ2v) is 5.42. The van der Waals surface area contributed by atoms with Crippen LogP contribution in [0.2, 0.25) is 0 Å². The van der Waals surface area contributed by atoms with Crippen molar-refractivity contribution in [3.8, 4) is 5.75 Å². The number of nitrogen functional groups attached to an aromatic ring is 1. The van der Waals surface area contributed by atoms with Gasteiger partial charge < -0.3 is 20.3 Å². The summed E-state index contributed by atoms with van der Waals surface area (Å²) in [5.41, 5.74) is 6.66. The minimum absolute atomic E-state index is 0.0151. The van der Waals surface area contributed by atoms with E-state index in [-0.39, 0.29) is 18.4 Å². The van der Waals surface area contributed by atoms with E-state index in [1.807, 2.05) is 18.2 Å². The van der Waals surface area contributed by atoms with Gasteiger partial charge in [0.2, 0.25) is 5.91 Å². The Kier molecular flexibility index (Phi) is 4.33. The Hall–Kier alpha value is -3.09. The number of amides is 2. The second-order valence-electron chi connectivity index (χ2n) is 5.42. The Balaban J connectivity index is 1.74. The maximum Gasteiger partial charge on any atom is 0.255 e. The number of carbonyl (C=O) groups excluding carboxylic acids is 2. The van der Waals surface area contributed by atoms with E-state index in [4.69, 9.17) is 10.5 Å². The lowest BCUT2D eigenvalue weighted by atomic mass is 10.2. The Morgan fingerprint density at radius 1 is 1.21 bits per heavy atom. The highest BCUT2D eigenvalue weighted by molar-refractivity contribution is 6.02. The summed E-state index contributed by atoms with van der Waals surface area (Å²) in [5, 5.41) is 0. The zero-order chi connectivity index (χ0) is 17.1. The van der Waals surface area contributed by atoms with Crippen LogP contribution in [0.5, 0.6) is 5.75 Å². The van der Waals surface area contributed by atoms with Crippen molar-refractivity contribution in [2.75, 3.05) is 37.4 Å². The number of aromatic nitrogens is 1. The van der Waals surface area contributed by atoms with Crippen molar-refractivity contribution >= 4 is 23.3 Å². The molecule has 1 aliphatic rings. The highest BCUT2D eigenvalue weighted by atomic mass is 16.5. The quantitative estimate of drug-likeness (QED) is 0.914. The Bertz CT molecular complexity index is 761. The first-order valence-corrected chi connectivity index (χ1v) is 7.54. The molecule has 0 saturated carbocycles. The van der Waals surface area contributed by atoms with Crippen LogP contribution in [-0.4, -0.2) is 48.4 Å². The number of nitrogens with zero attached hydrogens (tertiary/aromatic N) is 3. The van der Waals surface area contributed by atoms with Crippen LogP contribution in [0.4, 0.5) is 11.5 Å². The van der Waals surface area contributed by atoms with Gasteiger partial charge in [-0.25, -0.2) is 4.98 Å². The average Bonchev–Trinajstić information content (AvgIpc) is 2.61. The lowest BCUT2D eigenvalue weighted by Crippen LogP contribution is -2.52. The van der Waals surface area contributed by atoms with Gasteiger partial charge in [0, 0.05) is 19.3 Å². The van der Waals surface area contributed by atoms with Gasteiger partial charge in [0.05, 0.1) is 18.4 Å². The molecule has 0 radical (unpaired) electrons. The van der Waals surface area contributed by atoms with Gasteiger partial charge in [-0.1, -0.05) is 12.1 Å². The van der Waals surface area contributed by atoms with Crippen LogP contribution in [0.3, 0.4) is 0 Å². The van der Waals surface area contributed by atoms with E-state index in [2.05, 4.69) is 4.98 Å². The number of hydrogen-bond acceptors (Lipinski definition) is 5. The molecule has 124 valence electrons. The van der Waals surface area contributed by atoms with Crippen molar-refractivity contribution in [3.63, 3.8) is 0 Å². The highest BCUT2D eigenvalue weighted by Crippen LogP contribution is 2.29. The molecule has 0 bridgehead atoms. The molecule has 2 N–H and O–H groups in total. The number of pyridine rings is 1. The van der Waals surface area contributed by atoms with Crippen LogP contribution in [0.15, 0.2) is 42.6 Å². The fourth-order valence-corrected chi connectivity index (χ4v) is 2.67. The molecular weight excluding hydrogens is 308 g/mol. The molecule has 0 atom stereocenters. The van der Waals surface area contributed by atoms with Crippen molar-refractivity contribution in [2.45, 2.75) is 0 Å². The first kappa shape index (κ1) is 15.8.